The Morgan fingerprint density at radius 1 is 1.29 bits per heavy atom. The second-order valence-electron chi connectivity index (χ2n) is 5.99. The quantitative estimate of drug-likeness (QED) is 0.235. The second-order valence-corrected chi connectivity index (χ2v) is 5.99. The van der Waals surface area contributed by atoms with Gasteiger partial charge in [-0.15, -0.1) is 24.0 Å². The zero-order chi connectivity index (χ0) is 14.8. The molecule has 0 aromatic heterocycles. The van der Waals surface area contributed by atoms with E-state index in [4.69, 9.17) is 4.74 Å². The maximum atomic E-state index is 10.0. The second kappa shape index (κ2) is 11.5. The van der Waals surface area contributed by atoms with Gasteiger partial charge >= 0.3 is 0 Å². The molecular formula is C15H32IN3O2. The Morgan fingerprint density at radius 3 is 2.52 bits per heavy atom. The van der Waals surface area contributed by atoms with E-state index in [2.05, 4.69) is 29.5 Å². The van der Waals surface area contributed by atoms with Crippen LogP contribution in [0.1, 0.15) is 46.5 Å². The number of rotatable bonds is 9. The molecule has 5 nitrogen and oxygen atoms in total. The highest BCUT2D eigenvalue weighted by Gasteiger charge is 2.34. The highest BCUT2D eigenvalue weighted by atomic mass is 127. The van der Waals surface area contributed by atoms with E-state index < -0.39 is 5.60 Å². The Bertz CT molecular complexity index is 295. The number of guanidine groups is 1. The molecule has 21 heavy (non-hydrogen) atoms. The summed E-state index contributed by atoms with van der Waals surface area (Å²) in [6.45, 7) is 9.96. The first kappa shape index (κ1) is 20.9. The zero-order valence-electron chi connectivity index (χ0n) is 13.7. The molecule has 0 aliphatic heterocycles. The molecule has 0 bridgehead atoms. The summed E-state index contributed by atoms with van der Waals surface area (Å²) in [6, 6.07) is 0. The number of aliphatic hydroxyl groups is 1. The molecule has 0 aromatic carbocycles. The van der Waals surface area contributed by atoms with E-state index in [1.807, 2.05) is 6.92 Å². The van der Waals surface area contributed by atoms with Crippen molar-refractivity contribution in [3.63, 3.8) is 0 Å². The van der Waals surface area contributed by atoms with Crippen LogP contribution in [0.15, 0.2) is 4.99 Å². The number of hydrogen-bond acceptors (Lipinski definition) is 3. The fourth-order valence-electron chi connectivity index (χ4n) is 1.97. The van der Waals surface area contributed by atoms with Gasteiger partial charge in [-0.1, -0.05) is 13.8 Å². The number of nitrogens with zero attached hydrogens (tertiary/aromatic N) is 1. The minimum atomic E-state index is -0.559. The zero-order valence-corrected chi connectivity index (χ0v) is 16.0. The van der Waals surface area contributed by atoms with Gasteiger partial charge in [0.15, 0.2) is 5.96 Å². The van der Waals surface area contributed by atoms with Crippen molar-refractivity contribution in [2.45, 2.75) is 52.1 Å². The minimum absolute atomic E-state index is 0. The summed E-state index contributed by atoms with van der Waals surface area (Å²) < 4.78 is 5.56. The molecule has 126 valence electrons. The maximum Gasteiger partial charge on any atom is 0.191 e. The van der Waals surface area contributed by atoms with Crippen LogP contribution in [0, 0.1) is 5.92 Å². The molecule has 1 saturated carbocycles. The first-order valence-corrected chi connectivity index (χ1v) is 7.88. The first-order valence-electron chi connectivity index (χ1n) is 7.88. The summed E-state index contributed by atoms with van der Waals surface area (Å²) in [5, 5.41) is 16.5. The van der Waals surface area contributed by atoms with Gasteiger partial charge < -0.3 is 20.5 Å². The maximum absolute atomic E-state index is 10.0. The SMILES string of the molecule is CCNC(=NCC1(O)CCC1)NCCOCCC(C)C.I. The molecule has 0 saturated heterocycles. The fourth-order valence-corrected chi connectivity index (χ4v) is 1.97. The van der Waals surface area contributed by atoms with Crippen molar-refractivity contribution in [2.24, 2.45) is 10.9 Å². The van der Waals surface area contributed by atoms with Crippen molar-refractivity contribution in [1.29, 1.82) is 0 Å². The topological polar surface area (TPSA) is 65.9 Å². The molecule has 1 rings (SSSR count). The summed E-state index contributed by atoms with van der Waals surface area (Å²) in [7, 11) is 0. The molecule has 1 aliphatic rings. The molecule has 3 N–H and O–H groups in total. The normalized spacial score (nSPS) is 17.1. The lowest BCUT2D eigenvalue weighted by molar-refractivity contribution is -0.0236. The van der Waals surface area contributed by atoms with Crippen LogP contribution in [-0.4, -0.2) is 49.5 Å². The molecule has 0 heterocycles. The Hall–Kier alpha value is -0.0800. The Labute approximate surface area is 146 Å². The number of halogens is 1. The fraction of sp³-hybridized carbons (Fsp3) is 0.933. The van der Waals surface area contributed by atoms with Gasteiger partial charge in [-0.05, 0) is 38.5 Å². The van der Waals surface area contributed by atoms with Gasteiger partial charge in [0.1, 0.15) is 0 Å². The lowest BCUT2D eigenvalue weighted by atomic mass is 9.80. The van der Waals surface area contributed by atoms with Crippen LogP contribution in [0.4, 0.5) is 0 Å². The molecule has 0 atom stereocenters. The van der Waals surface area contributed by atoms with E-state index in [1.165, 1.54) is 0 Å². The van der Waals surface area contributed by atoms with E-state index >= 15 is 0 Å². The van der Waals surface area contributed by atoms with Gasteiger partial charge in [0.25, 0.3) is 0 Å². The molecule has 0 unspecified atom stereocenters. The van der Waals surface area contributed by atoms with Crippen molar-refractivity contribution in [3.05, 3.63) is 0 Å². The molecule has 1 fully saturated rings. The minimum Gasteiger partial charge on any atom is -0.388 e. The van der Waals surface area contributed by atoms with Crippen molar-refractivity contribution >= 4 is 29.9 Å². The van der Waals surface area contributed by atoms with Gasteiger partial charge in [-0.25, -0.2) is 0 Å². The molecule has 0 spiro atoms. The standard InChI is InChI=1S/C15H31N3O2.HI/c1-4-16-14(18-12-15(19)7-5-8-15)17-9-11-20-10-6-13(2)3;/h13,19H,4-12H2,1-3H3,(H2,16,17,18);1H. The van der Waals surface area contributed by atoms with Crippen LogP contribution in [0.25, 0.3) is 0 Å². The van der Waals surface area contributed by atoms with Gasteiger partial charge in [0.2, 0.25) is 0 Å². The van der Waals surface area contributed by atoms with Crippen molar-refractivity contribution < 1.29 is 9.84 Å². The summed E-state index contributed by atoms with van der Waals surface area (Å²) in [5.41, 5.74) is -0.559. The highest BCUT2D eigenvalue weighted by molar-refractivity contribution is 14.0. The average molecular weight is 413 g/mol. The Balaban J connectivity index is 0.00000400. The van der Waals surface area contributed by atoms with Crippen molar-refractivity contribution in [3.8, 4) is 0 Å². The van der Waals surface area contributed by atoms with Crippen LogP contribution in [0.3, 0.4) is 0 Å². The number of ether oxygens (including phenoxy) is 1. The number of hydrogen-bond donors (Lipinski definition) is 3. The van der Waals surface area contributed by atoms with Crippen LogP contribution < -0.4 is 10.6 Å². The highest BCUT2D eigenvalue weighted by Crippen LogP contribution is 2.31. The summed E-state index contributed by atoms with van der Waals surface area (Å²) in [4.78, 5) is 4.44. The number of nitrogens with one attached hydrogen (secondary N) is 2. The Morgan fingerprint density at radius 2 is 2.00 bits per heavy atom. The van der Waals surface area contributed by atoms with E-state index in [0.29, 0.717) is 19.1 Å². The van der Waals surface area contributed by atoms with Crippen LogP contribution >= 0.6 is 24.0 Å². The van der Waals surface area contributed by atoms with Crippen molar-refractivity contribution in [2.75, 3.05) is 32.8 Å². The van der Waals surface area contributed by atoms with Gasteiger partial charge in [-0.2, -0.15) is 0 Å². The Kier molecular flexibility index (Phi) is 11.4. The predicted molar refractivity (Wildman–Crippen MR) is 98.5 cm³/mol. The van der Waals surface area contributed by atoms with Gasteiger partial charge in [0, 0.05) is 19.7 Å². The molecule has 0 amide bonds. The summed E-state index contributed by atoms with van der Waals surface area (Å²) in [5.74, 6) is 1.45. The lowest BCUT2D eigenvalue weighted by Gasteiger charge is -2.35. The van der Waals surface area contributed by atoms with E-state index in [0.717, 1.165) is 51.3 Å². The van der Waals surface area contributed by atoms with E-state index in [1.54, 1.807) is 0 Å². The largest absolute Gasteiger partial charge is 0.388 e. The summed E-state index contributed by atoms with van der Waals surface area (Å²) >= 11 is 0. The van der Waals surface area contributed by atoms with E-state index in [9.17, 15) is 5.11 Å². The number of aliphatic imine (C=N–C) groups is 1. The van der Waals surface area contributed by atoms with E-state index in [-0.39, 0.29) is 24.0 Å². The lowest BCUT2D eigenvalue weighted by Crippen LogP contribution is -2.43. The average Bonchev–Trinajstić information content (AvgIpc) is 2.37. The smallest absolute Gasteiger partial charge is 0.191 e. The third kappa shape index (κ3) is 9.52. The molecule has 0 aromatic rings. The molecular weight excluding hydrogens is 381 g/mol. The van der Waals surface area contributed by atoms with Crippen LogP contribution in [0.2, 0.25) is 0 Å². The predicted octanol–water partition coefficient (Wildman–Crippen LogP) is 2.14. The first-order chi connectivity index (χ1) is 9.56. The molecule has 6 heteroatoms. The van der Waals surface area contributed by atoms with Gasteiger partial charge in [0.05, 0.1) is 18.8 Å². The monoisotopic (exact) mass is 413 g/mol. The van der Waals surface area contributed by atoms with Crippen LogP contribution in [0.5, 0.6) is 0 Å². The molecule has 0 radical (unpaired) electrons. The molecule has 1 aliphatic carbocycles. The van der Waals surface area contributed by atoms with Crippen molar-refractivity contribution in [1.82, 2.24) is 10.6 Å². The third-order valence-electron chi connectivity index (χ3n) is 3.54. The van der Waals surface area contributed by atoms with Crippen LogP contribution in [-0.2, 0) is 4.74 Å². The summed E-state index contributed by atoms with van der Waals surface area (Å²) in [6.07, 6.45) is 3.95. The third-order valence-corrected chi connectivity index (χ3v) is 3.54. The van der Waals surface area contributed by atoms with Gasteiger partial charge in [-0.3, -0.25) is 4.99 Å².